The minimum Gasteiger partial charge on any atom is -0.396 e. The zero-order valence-corrected chi connectivity index (χ0v) is 19.0. The third kappa shape index (κ3) is 6.53. The Labute approximate surface area is 195 Å². The number of nitrogens with zero attached hydrogens (tertiary/aromatic N) is 2. The average Bonchev–Trinajstić information content (AvgIpc) is 3.13. The summed E-state index contributed by atoms with van der Waals surface area (Å²) in [5.41, 5.74) is 0.317. The van der Waals surface area contributed by atoms with Crippen molar-refractivity contribution in [2.75, 3.05) is 19.7 Å². The van der Waals surface area contributed by atoms with Crippen molar-refractivity contribution in [3.8, 4) is 0 Å². The Balaban J connectivity index is 1.61. The first kappa shape index (κ1) is 23.7. The Kier molecular flexibility index (Phi) is 8.37. The molecule has 0 aliphatic carbocycles. The maximum atomic E-state index is 12.7. The number of thiol groups is 1. The number of rotatable bonds is 5. The van der Waals surface area contributed by atoms with Gasteiger partial charge in [-0.25, -0.2) is 4.79 Å². The van der Waals surface area contributed by atoms with Crippen LogP contribution in [0, 0.1) is 0 Å². The molecule has 2 aliphatic rings. The Morgan fingerprint density at radius 3 is 2.57 bits per heavy atom. The number of hydrogen-bond acceptors (Lipinski definition) is 7. The lowest BCUT2D eigenvalue weighted by molar-refractivity contribution is -0.176. The molecule has 2 heterocycles. The van der Waals surface area contributed by atoms with Crippen LogP contribution in [0.25, 0.3) is 0 Å². The van der Waals surface area contributed by atoms with Gasteiger partial charge in [-0.2, -0.15) is 5.06 Å². The van der Waals surface area contributed by atoms with Gasteiger partial charge in [-0.3, -0.25) is 9.63 Å². The second-order valence-corrected chi connectivity index (χ2v) is 9.44. The summed E-state index contributed by atoms with van der Waals surface area (Å²) >= 11 is 21.1. The number of ether oxygens (including phenoxy) is 2. The first-order chi connectivity index (χ1) is 14.2. The van der Waals surface area contributed by atoms with E-state index in [-0.39, 0.29) is 12.5 Å². The van der Waals surface area contributed by atoms with Gasteiger partial charge in [0.15, 0.2) is 5.56 Å². The quantitative estimate of drug-likeness (QED) is 0.369. The molecule has 2 aliphatic heterocycles. The van der Waals surface area contributed by atoms with Crippen LogP contribution in [-0.4, -0.2) is 63.3 Å². The average molecular weight is 499 g/mol. The van der Waals surface area contributed by atoms with Crippen molar-refractivity contribution in [3.63, 3.8) is 0 Å². The molecule has 1 N–H and O–H groups in total. The van der Waals surface area contributed by atoms with Gasteiger partial charge in [-0.1, -0.05) is 30.3 Å². The summed E-state index contributed by atoms with van der Waals surface area (Å²) < 4.78 is 7.92. The molecular formula is C18H22Cl3N3O5S. The molecule has 2 fully saturated rings. The maximum absolute atomic E-state index is 12.7. The lowest BCUT2D eigenvalue weighted by Crippen LogP contribution is -2.56. The third-order valence-electron chi connectivity index (χ3n) is 4.76. The highest BCUT2D eigenvalue weighted by molar-refractivity contribution is 7.80. The van der Waals surface area contributed by atoms with Gasteiger partial charge >= 0.3 is 10.1 Å². The van der Waals surface area contributed by atoms with Crippen LogP contribution in [0.5, 0.6) is 0 Å². The number of nitrogens with one attached hydrogen (secondary N) is 1. The number of halogens is 3. The second kappa shape index (κ2) is 10.6. The normalized spacial score (nSPS) is 24.5. The van der Waals surface area contributed by atoms with E-state index in [9.17, 15) is 9.59 Å². The predicted octanol–water partition coefficient (Wildman–Crippen LogP) is 3.08. The van der Waals surface area contributed by atoms with Crippen molar-refractivity contribution in [2.45, 2.75) is 41.1 Å². The number of hydrogen-bond donors (Lipinski definition) is 2. The Hall–Kier alpha value is -0.940. The number of carbonyl (C=O) groups is 2. The Morgan fingerprint density at radius 1 is 1.27 bits per heavy atom. The van der Waals surface area contributed by atoms with E-state index in [2.05, 4.69) is 17.9 Å². The first-order valence-electron chi connectivity index (χ1n) is 9.34. The van der Waals surface area contributed by atoms with E-state index in [1.54, 1.807) is 4.90 Å². The largest absolute Gasteiger partial charge is 0.437 e. The summed E-state index contributed by atoms with van der Waals surface area (Å²) in [5.74, 6) is -0.0911. The fourth-order valence-corrected chi connectivity index (χ4v) is 3.83. The van der Waals surface area contributed by atoms with Gasteiger partial charge in [0.2, 0.25) is 5.91 Å². The zero-order valence-electron chi connectivity index (χ0n) is 15.9. The number of benzene rings is 1. The van der Waals surface area contributed by atoms with Crippen molar-refractivity contribution in [1.29, 1.82) is 0 Å². The van der Waals surface area contributed by atoms with Crippen molar-refractivity contribution in [3.05, 3.63) is 35.9 Å². The van der Waals surface area contributed by atoms with Crippen molar-refractivity contribution >= 4 is 59.4 Å². The molecule has 0 aromatic heterocycles. The van der Waals surface area contributed by atoms with Crippen LogP contribution in [0.2, 0.25) is 0 Å². The highest BCUT2D eigenvalue weighted by Gasteiger charge is 2.39. The van der Waals surface area contributed by atoms with E-state index in [1.165, 1.54) is 0 Å². The smallest absolute Gasteiger partial charge is 0.396 e. The van der Waals surface area contributed by atoms with E-state index >= 15 is 0 Å². The lowest BCUT2D eigenvalue weighted by Gasteiger charge is -2.37. The molecule has 2 saturated heterocycles. The number of alkyl halides is 3. The minimum absolute atomic E-state index is 0.0911. The Morgan fingerprint density at radius 2 is 2.00 bits per heavy atom. The molecular weight excluding hydrogens is 477 g/mol. The molecule has 3 rings (SSSR count). The number of hydroxylamine groups is 2. The molecule has 0 bridgehead atoms. The van der Waals surface area contributed by atoms with Gasteiger partial charge in [0.25, 0.3) is 0 Å². The summed E-state index contributed by atoms with van der Waals surface area (Å²) in [5, 5.41) is 4.21. The molecule has 166 valence electrons. The molecule has 3 atom stereocenters. The highest BCUT2D eigenvalue weighted by Crippen LogP contribution is 2.29. The van der Waals surface area contributed by atoms with Crippen LogP contribution in [0.15, 0.2) is 30.3 Å². The van der Waals surface area contributed by atoms with Crippen molar-refractivity contribution < 1.29 is 23.9 Å². The standard InChI is InChI=1S/C18H22Cl3N3O5S/c19-18(20,21)29-16(26)24(28-11-12-4-2-1-3-5-12)13-6-7-14(22-10-13)15(25)23-8-9-27-17(23)30/h1-5,13-14,17,22,30H,6-11H2/t13-,14+,17?/m1/s1. The van der Waals surface area contributed by atoms with Crippen LogP contribution >= 0.6 is 47.4 Å². The van der Waals surface area contributed by atoms with Crippen molar-refractivity contribution in [1.82, 2.24) is 15.3 Å². The van der Waals surface area contributed by atoms with Gasteiger partial charge in [0, 0.05) is 13.1 Å². The number of amides is 2. The summed E-state index contributed by atoms with van der Waals surface area (Å²) in [6.45, 7) is 1.38. The van der Waals surface area contributed by atoms with Gasteiger partial charge in [0.05, 0.1) is 18.7 Å². The van der Waals surface area contributed by atoms with E-state index in [1.807, 2.05) is 30.3 Å². The van der Waals surface area contributed by atoms with Gasteiger partial charge in [0.1, 0.15) is 6.61 Å². The van der Waals surface area contributed by atoms with Gasteiger partial charge in [-0.05, 0) is 53.2 Å². The first-order valence-corrected chi connectivity index (χ1v) is 11.0. The molecule has 1 unspecified atom stereocenters. The van der Waals surface area contributed by atoms with E-state index in [4.69, 9.17) is 49.1 Å². The summed E-state index contributed by atoms with van der Waals surface area (Å²) in [6.07, 6.45) is 0.0390. The molecule has 12 heteroatoms. The van der Waals surface area contributed by atoms with Gasteiger partial charge < -0.3 is 19.7 Å². The minimum atomic E-state index is -2.22. The predicted molar refractivity (Wildman–Crippen MR) is 115 cm³/mol. The van der Waals surface area contributed by atoms with Crippen LogP contribution in [-0.2, 0) is 25.7 Å². The van der Waals surface area contributed by atoms with E-state index < -0.39 is 27.7 Å². The zero-order chi connectivity index (χ0) is 21.7. The summed E-state index contributed by atoms with van der Waals surface area (Å²) in [4.78, 5) is 32.5. The monoisotopic (exact) mass is 497 g/mol. The third-order valence-corrected chi connectivity index (χ3v) is 5.42. The van der Waals surface area contributed by atoms with Crippen LogP contribution in [0.4, 0.5) is 4.79 Å². The summed E-state index contributed by atoms with van der Waals surface area (Å²) in [6, 6.07) is 8.49. The fourth-order valence-electron chi connectivity index (χ4n) is 3.30. The van der Waals surface area contributed by atoms with E-state index in [0.29, 0.717) is 32.5 Å². The molecule has 2 amide bonds. The molecule has 1 aromatic rings. The highest BCUT2D eigenvalue weighted by atomic mass is 35.6. The molecule has 0 saturated carbocycles. The molecule has 30 heavy (non-hydrogen) atoms. The van der Waals surface area contributed by atoms with Crippen LogP contribution < -0.4 is 5.32 Å². The lowest BCUT2D eigenvalue weighted by atomic mass is 9.99. The van der Waals surface area contributed by atoms with E-state index in [0.717, 1.165) is 10.6 Å². The number of piperidine rings is 1. The topological polar surface area (TPSA) is 80.3 Å². The molecule has 0 radical (unpaired) electrons. The van der Waals surface area contributed by atoms with Crippen LogP contribution in [0.1, 0.15) is 18.4 Å². The SMILES string of the molecule is O=C([C@@H]1CC[C@@H](N(OCc2ccccc2)C(=O)OC(Cl)(Cl)Cl)CN1)N1CCOC1S. The van der Waals surface area contributed by atoms with Crippen LogP contribution in [0.3, 0.4) is 0 Å². The fraction of sp³-hybridized carbons (Fsp3) is 0.556. The second-order valence-electron chi connectivity index (χ2n) is 6.82. The number of carbonyl (C=O) groups excluding carboxylic acids is 2. The Bertz CT molecular complexity index is 732. The van der Waals surface area contributed by atoms with Gasteiger partial charge in [-0.15, -0.1) is 12.6 Å². The molecule has 1 aromatic carbocycles. The summed E-state index contributed by atoms with van der Waals surface area (Å²) in [7, 11) is 0. The maximum Gasteiger partial charge on any atom is 0.437 e. The molecule has 8 nitrogen and oxygen atoms in total. The molecule has 0 spiro atoms. The van der Waals surface area contributed by atoms with Crippen molar-refractivity contribution in [2.24, 2.45) is 0 Å².